The van der Waals surface area contributed by atoms with Gasteiger partial charge in [-0.2, -0.15) is 11.8 Å². The fourth-order valence-electron chi connectivity index (χ4n) is 11.4. The van der Waals surface area contributed by atoms with E-state index in [0.717, 1.165) is 31.1 Å². The SMILES string of the molecule is COc1cc(C(C)NC(=O)CCOCCOCCOCCOCCNC(=O)CCCC[C@H]2SCC3NC(=O)NC32)c([N+](=O)[O-])cc1OCCCC(=O)NCCOCCOCCNC1=C2C[C@H](C)C[C@@H](OC)[C@@H](O)[C@H](C)/C=C(\C)[C@@H](OC(N)=O)C(OC)/C=C\C=C(/C)C(=O)NC(=CC1=O)C2=O. The number of thioether (sulfide) groups is 1. The number of urea groups is 1. The van der Waals surface area contributed by atoms with Gasteiger partial charge in [-0.15, -0.1) is 0 Å². The number of nitrogens with one attached hydrogen (secondary N) is 7. The van der Waals surface area contributed by atoms with Gasteiger partial charge in [-0.05, 0) is 70.4 Å². The predicted molar refractivity (Wildman–Crippen MR) is 368 cm³/mol. The van der Waals surface area contributed by atoms with Crippen molar-refractivity contribution in [1.29, 1.82) is 0 Å². The third kappa shape index (κ3) is 28.8. The van der Waals surface area contributed by atoms with Crippen molar-refractivity contribution >= 4 is 64.8 Å². The van der Waals surface area contributed by atoms with Crippen molar-refractivity contribution in [2.24, 2.45) is 17.6 Å². The van der Waals surface area contributed by atoms with Gasteiger partial charge in [0.05, 0.1) is 151 Å². The lowest BCUT2D eigenvalue weighted by atomic mass is 9.85. The summed E-state index contributed by atoms with van der Waals surface area (Å²) in [6.45, 7) is 12.2. The number of aliphatic hydroxyl groups is 1. The number of hydrogen-bond donors (Lipinski definition) is 9. The van der Waals surface area contributed by atoms with Crippen LogP contribution in [-0.2, 0) is 71.4 Å². The van der Waals surface area contributed by atoms with E-state index in [-0.39, 0.29) is 179 Å². The number of ketones is 2. The number of allylic oxidation sites excluding steroid dienone is 4. The van der Waals surface area contributed by atoms with Crippen molar-refractivity contribution < 1.29 is 100 Å². The first-order valence-corrected chi connectivity index (χ1v) is 34.9. The number of nitrogens with two attached hydrogens (primary N) is 1. The summed E-state index contributed by atoms with van der Waals surface area (Å²) in [6, 6.07) is 2.16. The fourth-order valence-corrected chi connectivity index (χ4v) is 12.9. The number of carbonyl (C=O) groups is 8. The minimum atomic E-state index is -1.05. The number of nitrogens with zero attached hydrogens (tertiary/aromatic N) is 1. The van der Waals surface area contributed by atoms with Crippen LogP contribution in [-0.4, -0.2) is 232 Å². The van der Waals surface area contributed by atoms with Crippen LogP contribution < -0.4 is 52.4 Å². The number of aliphatic hydroxyl groups excluding tert-OH is 1. The Morgan fingerprint density at radius 2 is 1.39 bits per heavy atom. The van der Waals surface area contributed by atoms with Crippen molar-refractivity contribution in [1.82, 2.24) is 37.2 Å². The number of benzene rings is 1. The number of carbonyl (C=O) groups excluding carboxylic acids is 8. The molecule has 0 radical (unpaired) electrons. The maximum absolute atomic E-state index is 14.1. The Morgan fingerprint density at radius 3 is 2.00 bits per heavy atom. The summed E-state index contributed by atoms with van der Waals surface area (Å²) in [4.78, 5) is 114. The topological polar surface area (TPSA) is 412 Å². The van der Waals surface area contributed by atoms with Gasteiger partial charge in [0.2, 0.25) is 29.3 Å². The van der Waals surface area contributed by atoms with E-state index in [4.69, 9.17) is 57.8 Å². The number of fused-ring (bicyclic) bond motifs is 3. The van der Waals surface area contributed by atoms with E-state index >= 15 is 0 Å². The Labute approximate surface area is 588 Å². The highest BCUT2D eigenvalue weighted by molar-refractivity contribution is 8.00. The number of unbranched alkanes of at least 4 members (excludes halogenated alkanes) is 1. The molecule has 10 atom stereocenters. The molecule has 4 unspecified atom stereocenters. The lowest BCUT2D eigenvalue weighted by molar-refractivity contribution is -0.385. The van der Waals surface area contributed by atoms with Crippen LogP contribution in [0.3, 0.4) is 0 Å². The highest BCUT2D eigenvalue weighted by Crippen LogP contribution is 2.38. The quantitative estimate of drug-likeness (QED) is 0.0112. The summed E-state index contributed by atoms with van der Waals surface area (Å²) in [5.74, 6) is -2.07. The molecule has 0 spiro atoms. The molecule has 4 aliphatic rings. The normalized spacial score (nSPS) is 23.6. The molecule has 31 nitrogen and oxygen atoms in total. The third-order valence-electron chi connectivity index (χ3n) is 16.7. The monoisotopic (exact) mass is 1430 g/mol. The minimum Gasteiger partial charge on any atom is -0.493 e. The molecule has 3 aliphatic heterocycles. The molecular weight excluding hydrogens is 1330 g/mol. The zero-order valence-electron chi connectivity index (χ0n) is 58.7. The first-order chi connectivity index (χ1) is 48.0. The molecule has 5 rings (SSSR count). The lowest BCUT2D eigenvalue weighted by Gasteiger charge is -2.30. The smallest absolute Gasteiger partial charge is 0.405 e. The molecule has 7 amide bonds. The Bertz CT molecular complexity index is 3040. The molecule has 1 aromatic rings. The molecule has 3 heterocycles. The number of primary amides is 1. The summed E-state index contributed by atoms with van der Waals surface area (Å²) in [5, 5.41) is 44.1. The standard InChI is InChI=1S/C68H103N9O22S/c1-42-35-48-61(52(78)39-49(64(48)83)74-66(84)43(2)13-11-14-53(89-6)65(99-67(69)85)45(4)37-44(3)63(82)56(36-42)91-8)72-21-26-95-29-28-93-25-20-71-59(80)17-12-22-98-55-40-51(77(87)88)47(38-54(55)90-7)46(5)73-60(81)18-23-92-27-31-96-33-34-97-32-30-94-24-19-70-58(79)16-10-9-15-57-62-50(41-100-57)75-68(86)76-62/h11,13-14,37-40,42,44,46,50,53,56-57,62-63,65,72,82H,9-10,12,15-36,41H2,1-8H3,(H2,69,85)(H,70,79)(H,71,80)(H,73,81)(H,74,84)(H2,75,76,86)/b14-11-,43-13+,45-37+/t42-,44+,46?,50?,53?,56+,57+,62?,63-,65+/m0/s1. The van der Waals surface area contributed by atoms with Gasteiger partial charge in [-0.3, -0.25) is 38.9 Å². The molecule has 100 heavy (non-hydrogen) atoms. The van der Waals surface area contributed by atoms with Gasteiger partial charge in [0, 0.05) is 87.3 Å². The highest BCUT2D eigenvalue weighted by Gasteiger charge is 2.43. The Balaban J connectivity index is 0.916. The van der Waals surface area contributed by atoms with Crippen LogP contribution in [0.5, 0.6) is 11.5 Å². The second kappa shape index (κ2) is 45.4. The van der Waals surface area contributed by atoms with Crippen molar-refractivity contribution in [3.05, 3.63) is 86.3 Å². The molecule has 10 N–H and O–H groups in total. The molecule has 0 aromatic heterocycles. The number of methoxy groups -OCH3 is 3. The van der Waals surface area contributed by atoms with Crippen molar-refractivity contribution in [2.45, 2.75) is 140 Å². The van der Waals surface area contributed by atoms with E-state index in [9.17, 15) is 53.6 Å². The van der Waals surface area contributed by atoms with Gasteiger partial charge in [-0.25, -0.2) is 9.59 Å². The first kappa shape index (κ1) is 83.1. The zero-order chi connectivity index (χ0) is 72.9. The maximum atomic E-state index is 14.1. The molecule has 2 bridgehead atoms. The summed E-state index contributed by atoms with van der Waals surface area (Å²) in [5.41, 5.74) is 6.00. The average molecular weight is 1430 g/mol. The summed E-state index contributed by atoms with van der Waals surface area (Å²) in [7, 11) is 4.25. The van der Waals surface area contributed by atoms with Gasteiger partial charge in [0.15, 0.2) is 17.6 Å². The van der Waals surface area contributed by atoms with Gasteiger partial charge in [0.1, 0.15) is 6.10 Å². The Kier molecular flexibility index (Phi) is 37.7. The van der Waals surface area contributed by atoms with Crippen LogP contribution in [0.15, 0.2) is 70.6 Å². The van der Waals surface area contributed by atoms with Crippen molar-refractivity contribution in [2.75, 3.05) is 133 Å². The molecule has 1 aromatic carbocycles. The second-order valence-electron chi connectivity index (χ2n) is 24.4. The molecule has 32 heteroatoms. The van der Waals surface area contributed by atoms with Crippen LogP contribution >= 0.6 is 11.8 Å². The van der Waals surface area contributed by atoms with E-state index in [0.29, 0.717) is 56.8 Å². The lowest BCUT2D eigenvalue weighted by Crippen LogP contribution is -2.38. The van der Waals surface area contributed by atoms with Crippen molar-refractivity contribution in [3.8, 4) is 11.5 Å². The Morgan fingerprint density at radius 1 is 0.770 bits per heavy atom. The first-order valence-electron chi connectivity index (χ1n) is 33.8. The predicted octanol–water partition coefficient (Wildman–Crippen LogP) is 3.75. The average Bonchev–Trinajstić information content (AvgIpc) is 1.43. The number of amides is 7. The molecule has 2 saturated heterocycles. The van der Waals surface area contributed by atoms with Crippen LogP contribution in [0.2, 0.25) is 0 Å². The fraction of sp³-hybridized carbons (Fsp3) is 0.647. The number of hydrogen-bond acceptors (Lipinski definition) is 24. The van der Waals surface area contributed by atoms with E-state index in [1.807, 2.05) is 18.7 Å². The minimum absolute atomic E-state index is 0.00552. The van der Waals surface area contributed by atoms with Gasteiger partial charge < -0.3 is 100 Å². The van der Waals surface area contributed by atoms with Gasteiger partial charge >= 0.3 is 12.1 Å². The number of Topliss-reactive ketones (excluding diaryl/α,β-unsaturated/α-hetero) is 1. The zero-order valence-corrected chi connectivity index (χ0v) is 59.5. The third-order valence-corrected chi connectivity index (χ3v) is 18.2. The van der Waals surface area contributed by atoms with Crippen LogP contribution in [0.25, 0.3) is 0 Å². The summed E-state index contributed by atoms with van der Waals surface area (Å²) < 4.78 is 61.5. The summed E-state index contributed by atoms with van der Waals surface area (Å²) >= 11 is 1.87. The molecular formula is C68H103N9O22S. The van der Waals surface area contributed by atoms with E-state index in [2.05, 4.69) is 37.2 Å². The van der Waals surface area contributed by atoms with Crippen LogP contribution in [0, 0.1) is 22.0 Å². The van der Waals surface area contributed by atoms with E-state index in [1.165, 1.54) is 52.5 Å². The van der Waals surface area contributed by atoms with Gasteiger partial charge in [-0.1, -0.05) is 44.6 Å². The number of nitro benzene ring substituents is 1. The summed E-state index contributed by atoms with van der Waals surface area (Å²) in [6.07, 6.45) is 6.53. The Hall–Kier alpha value is -7.53. The van der Waals surface area contributed by atoms with E-state index in [1.54, 1.807) is 32.9 Å². The van der Waals surface area contributed by atoms with Crippen molar-refractivity contribution in [3.63, 3.8) is 0 Å². The van der Waals surface area contributed by atoms with Crippen LogP contribution in [0.1, 0.15) is 104 Å². The number of ether oxygens (including phenoxy) is 11. The van der Waals surface area contributed by atoms with Gasteiger partial charge in [0.25, 0.3) is 11.6 Å². The molecule has 0 saturated carbocycles. The molecule has 558 valence electrons. The number of rotatable bonds is 42. The largest absolute Gasteiger partial charge is 0.493 e. The van der Waals surface area contributed by atoms with Crippen LogP contribution in [0.4, 0.5) is 15.3 Å². The maximum Gasteiger partial charge on any atom is 0.405 e. The number of nitro groups is 1. The molecule has 1 aliphatic carbocycles. The highest BCUT2D eigenvalue weighted by atomic mass is 32.2. The second-order valence-corrected chi connectivity index (χ2v) is 25.7. The van der Waals surface area contributed by atoms with E-state index < -0.39 is 70.8 Å². The molecule has 2 fully saturated rings.